The summed E-state index contributed by atoms with van der Waals surface area (Å²) in [5.41, 5.74) is 3.19. The third-order valence-corrected chi connectivity index (χ3v) is 4.54. The Morgan fingerprint density at radius 3 is 2.95 bits per heavy atom. The maximum Gasteiger partial charge on any atom is 0.224 e. The first kappa shape index (κ1) is 14.1. The number of hydrogen-bond acceptors (Lipinski definition) is 2. The zero-order valence-electron chi connectivity index (χ0n) is 12.4. The van der Waals surface area contributed by atoms with E-state index < -0.39 is 0 Å². The third kappa shape index (κ3) is 2.95. The Morgan fingerprint density at radius 1 is 1.38 bits per heavy atom. The molecular formula is C17H22N2O2. The molecule has 1 aliphatic carbocycles. The highest BCUT2D eigenvalue weighted by molar-refractivity contribution is 5.90. The second-order valence-corrected chi connectivity index (χ2v) is 6.01. The molecule has 4 nitrogen and oxygen atoms in total. The highest BCUT2D eigenvalue weighted by atomic mass is 16.3. The Hall–Kier alpha value is -1.81. The van der Waals surface area contributed by atoms with Gasteiger partial charge in [0.25, 0.3) is 0 Å². The van der Waals surface area contributed by atoms with Crippen LogP contribution in [0.15, 0.2) is 24.3 Å². The first-order valence-electron chi connectivity index (χ1n) is 7.66. The number of amides is 1. The number of carbonyl (C=O) groups is 1. The molecule has 1 aromatic carbocycles. The number of nitrogens with one attached hydrogen (secondary N) is 2. The molecule has 3 N–H and O–H groups in total. The number of benzene rings is 1. The van der Waals surface area contributed by atoms with Gasteiger partial charge in [0.05, 0.1) is 12.5 Å². The van der Waals surface area contributed by atoms with Gasteiger partial charge in [-0.3, -0.25) is 4.79 Å². The number of aryl methyl sites for hydroxylation is 1. The van der Waals surface area contributed by atoms with E-state index in [9.17, 15) is 9.90 Å². The topological polar surface area (TPSA) is 65.1 Å². The second-order valence-electron chi connectivity index (χ2n) is 6.01. The summed E-state index contributed by atoms with van der Waals surface area (Å²) in [6, 6.07) is 8.05. The minimum absolute atomic E-state index is 0.0296. The van der Waals surface area contributed by atoms with Gasteiger partial charge < -0.3 is 15.4 Å². The number of aliphatic hydroxyl groups excluding tert-OH is 1. The molecule has 0 saturated heterocycles. The van der Waals surface area contributed by atoms with Gasteiger partial charge in [0.1, 0.15) is 0 Å². The third-order valence-electron chi connectivity index (χ3n) is 4.54. The van der Waals surface area contributed by atoms with Gasteiger partial charge in [0.15, 0.2) is 0 Å². The van der Waals surface area contributed by atoms with Crippen LogP contribution in [0, 0.1) is 12.8 Å². The molecule has 2 aromatic rings. The van der Waals surface area contributed by atoms with Crippen LogP contribution in [0.1, 0.15) is 30.5 Å². The highest BCUT2D eigenvalue weighted by Gasteiger charge is 2.25. The zero-order chi connectivity index (χ0) is 14.8. The molecular weight excluding hydrogens is 264 g/mol. The fourth-order valence-electron chi connectivity index (χ4n) is 3.29. The molecule has 0 spiro atoms. The number of aliphatic hydroxyl groups is 1. The second kappa shape index (κ2) is 5.90. The predicted octanol–water partition coefficient (Wildman–Crippen LogP) is 2.30. The van der Waals surface area contributed by atoms with E-state index >= 15 is 0 Å². The Bertz CT molecular complexity index is 647. The van der Waals surface area contributed by atoms with E-state index in [1.54, 1.807) is 0 Å². The lowest BCUT2D eigenvalue weighted by Crippen LogP contribution is -2.33. The largest absolute Gasteiger partial charge is 0.393 e. The van der Waals surface area contributed by atoms with Crippen LogP contribution < -0.4 is 5.32 Å². The van der Waals surface area contributed by atoms with Crippen molar-refractivity contribution in [3.8, 4) is 0 Å². The SMILES string of the molecule is Cc1[nH]c2ccccc2c1CC(=O)NCC1CCCC1O. The summed E-state index contributed by atoms with van der Waals surface area (Å²) in [6.45, 7) is 2.59. The normalized spacial score (nSPS) is 21.8. The summed E-state index contributed by atoms with van der Waals surface area (Å²) in [7, 11) is 0. The Labute approximate surface area is 124 Å². The van der Waals surface area contributed by atoms with Gasteiger partial charge in [-0.15, -0.1) is 0 Å². The van der Waals surface area contributed by atoms with Crippen LogP contribution in [0.3, 0.4) is 0 Å². The lowest BCUT2D eigenvalue weighted by molar-refractivity contribution is -0.120. The molecule has 4 heteroatoms. The fourth-order valence-corrected chi connectivity index (χ4v) is 3.29. The molecule has 1 fully saturated rings. The first-order chi connectivity index (χ1) is 10.1. The van der Waals surface area contributed by atoms with Crippen molar-refractivity contribution in [1.29, 1.82) is 0 Å². The molecule has 1 saturated carbocycles. The number of para-hydroxylation sites is 1. The average Bonchev–Trinajstić information content (AvgIpc) is 3.01. The van der Waals surface area contributed by atoms with Crippen LogP contribution in [-0.2, 0) is 11.2 Å². The smallest absolute Gasteiger partial charge is 0.224 e. The van der Waals surface area contributed by atoms with E-state index in [-0.39, 0.29) is 17.9 Å². The Balaban J connectivity index is 1.65. The molecule has 0 aliphatic heterocycles. The fraction of sp³-hybridized carbons (Fsp3) is 0.471. The molecule has 21 heavy (non-hydrogen) atoms. The van der Waals surface area contributed by atoms with Crippen molar-refractivity contribution in [3.63, 3.8) is 0 Å². The van der Waals surface area contributed by atoms with Crippen LogP contribution >= 0.6 is 0 Å². The van der Waals surface area contributed by atoms with Crippen LogP contribution in [0.4, 0.5) is 0 Å². The molecule has 112 valence electrons. The van der Waals surface area contributed by atoms with Crippen molar-refractivity contribution in [2.45, 2.75) is 38.7 Å². The van der Waals surface area contributed by atoms with Crippen LogP contribution in [0.2, 0.25) is 0 Å². The van der Waals surface area contributed by atoms with Crippen LogP contribution in [-0.4, -0.2) is 28.6 Å². The van der Waals surface area contributed by atoms with Crippen molar-refractivity contribution in [3.05, 3.63) is 35.5 Å². The van der Waals surface area contributed by atoms with E-state index in [1.165, 1.54) is 0 Å². The van der Waals surface area contributed by atoms with Gasteiger partial charge in [-0.1, -0.05) is 24.6 Å². The standard InChI is InChI=1S/C17H22N2O2/c1-11-14(13-6-2-3-7-15(13)19-11)9-17(21)18-10-12-5-4-8-16(12)20/h2-3,6-7,12,16,19-20H,4-5,8-10H2,1H3,(H,18,21). The minimum atomic E-state index is -0.250. The number of carbonyl (C=O) groups excluding carboxylic acids is 1. The maximum absolute atomic E-state index is 12.2. The molecule has 3 rings (SSSR count). The quantitative estimate of drug-likeness (QED) is 0.807. The van der Waals surface area contributed by atoms with E-state index in [0.717, 1.165) is 41.4 Å². The lowest BCUT2D eigenvalue weighted by atomic mass is 10.1. The Kier molecular flexibility index (Phi) is 3.97. The molecule has 1 aromatic heterocycles. The van der Waals surface area contributed by atoms with Gasteiger partial charge >= 0.3 is 0 Å². The number of fused-ring (bicyclic) bond motifs is 1. The van der Waals surface area contributed by atoms with Crippen molar-refractivity contribution < 1.29 is 9.90 Å². The maximum atomic E-state index is 12.2. The van der Waals surface area contributed by atoms with E-state index in [2.05, 4.69) is 10.3 Å². The molecule has 1 heterocycles. The van der Waals surface area contributed by atoms with Crippen LogP contribution in [0.25, 0.3) is 10.9 Å². The number of hydrogen-bond donors (Lipinski definition) is 3. The highest BCUT2D eigenvalue weighted by Crippen LogP contribution is 2.25. The molecule has 0 radical (unpaired) electrons. The molecule has 1 amide bonds. The van der Waals surface area contributed by atoms with Gasteiger partial charge in [-0.2, -0.15) is 0 Å². The summed E-state index contributed by atoms with van der Waals surface area (Å²) in [6.07, 6.45) is 3.07. The van der Waals surface area contributed by atoms with Crippen molar-refractivity contribution in [2.24, 2.45) is 5.92 Å². The van der Waals surface area contributed by atoms with Gasteiger partial charge in [-0.05, 0) is 31.4 Å². The minimum Gasteiger partial charge on any atom is -0.393 e. The summed E-state index contributed by atoms with van der Waals surface area (Å²) < 4.78 is 0. The average molecular weight is 286 g/mol. The number of aromatic nitrogens is 1. The van der Waals surface area contributed by atoms with Crippen LogP contribution in [0.5, 0.6) is 0 Å². The molecule has 1 aliphatic rings. The molecule has 2 unspecified atom stereocenters. The zero-order valence-corrected chi connectivity index (χ0v) is 12.4. The van der Waals surface area contributed by atoms with Crippen molar-refractivity contribution in [1.82, 2.24) is 10.3 Å². The van der Waals surface area contributed by atoms with Gasteiger partial charge in [-0.25, -0.2) is 0 Å². The number of aromatic amines is 1. The van der Waals surface area contributed by atoms with E-state index in [4.69, 9.17) is 0 Å². The van der Waals surface area contributed by atoms with Gasteiger partial charge in [0, 0.05) is 29.1 Å². The van der Waals surface area contributed by atoms with E-state index in [1.807, 2.05) is 31.2 Å². The lowest BCUT2D eigenvalue weighted by Gasteiger charge is -2.15. The number of rotatable bonds is 4. The van der Waals surface area contributed by atoms with Crippen molar-refractivity contribution in [2.75, 3.05) is 6.54 Å². The monoisotopic (exact) mass is 286 g/mol. The predicted molar refractivity (Wildman–Crippen MR) is 83.1 cm³/mol. The van der Waals surface area contributed by atoms with Gasteiger partial charge in [0.2, 0.25) is 5.91 Å². The summed E-state index contributed by atoms with van der Waals surface area (Å²) in [5, 5.41) is 13.9. The summed E-state index contributed by atoms with van der Waals surface area (Å²) in [5.74, 6) is 0.250. The summed E-state index contributed by atoms with van der Waals surface area (Å²) in [4.78, 5) is 15.5. The summed E-state index contributed by atoms with van der Waals surface area (Å²) >= 11 is 0. The Morgan fingerprint density at radius 2 is 2.19 bits per heavy atom. The van der Waals surface area contributed by atoms with E-state index in [0.29, 0.717) is 13.0 Å². The van der Waals surface area contributed by atoms with Crippen molar-refractivity contribution >= 4 is 16.8 Å². The molecule has 0 bridgehead atoms. The molecule has 2 atom stereocenters. The number of H-pyrrole nitrogens is 1. The first-order valence-corrected chi connectivity index (χ1v) is 7.66.